The van der Waals surface area contributed by atoms with Crippen molar-refractivity contribution in [2.75, 3.05) is 22.5 Å². The molecule has 7 heteroatoms. The molecule has 0 radical (unpaired) electrons. The summed E-state index contributed by atoms with van der Waals surface area (Å²) in [5.74, 6) is -1.76. The number of aromatic nitrogens is 2. The number of hydrogen-bond acceptors (Lipinski definition) is 5. The molecule has 5 nitrogen and oxygen atoms in total. The molecule has 3 N–H and O–H groups in total. The number of rotatable bonds is 10. The summed E-state index contributed by atoms with van der Waals surface area (Å²) >= 11 is 0. The number of aryl methyl sites for hydroxylation is 1. The Morgan fingerprint density at radius 2 is 1.94 bits per heavy atom. The van der Waals surface area contributed by atoms with Gasteiger partial charge in [-0.15, -0.1) is 0 Å². The van der Waals surface area contributed by atoms with E-state index in [2.05, 4.69) is 23.8 Å². The minimum absolute atomic E-state index is 0.0564. The highest BCUT2D eigenvalue weighted by atomic mass is 19.3. The van der Waals surface area contributed by atoms with E-state index in [9.17, 15) is 8.78 Å². The molecular weight excluding hydrogens is 420 g/mol. The summed E-state index contributed by atoms with van der Waals surface area (Å²) in [6.45, 7) is 9.84. The summed E-state index contributed by atoms with van der Waals surface area (Å²) in [6, 6.07) is 13.6. The monoisotopic (exact) mass is 451 g/mol. The van der Waals surface area contributed by atoms with Crippen LogP contribution in [0.4, 0.5) is 26.0 Å². The molecule has 0 aliphatic carbocycles. The van der Waals surface area contributed by atoms with Gasteiger partial charge in [-0.2, -0.15) is 0 Å². The average Bonchev–Trinajstić information content (AvgIpc) is 2.77. The number of hydrogen-bond donors (Lipinski definition) is 2. The second-order valence-corrected chi connectivity index (χ2v) is 8.19. The van der Waals surface area contributed by atoms with Crippen molar-refractivity contribution in [1.82, 2.24) is 9.97 Å². The predicted octanol–water partition coefficient (Wildman–Crippen LogP) is 6.73. The van der Waals surface area contributed by atoms with E-state index >= 15 is 0 Å². The van der Waals surface area contributed by atoms with Crippen molar-refractivity contribution in [3.63, 3.8) is 0 Å². The number of nitrogens with zero attached hydrogens (tertiary/aromatic N) is 3. The van der Waals surface area contributed by atoms with Gasteiger partial charge in [0.05, 0.1) is 11.4 Å². The van der Waals surface area contributed by atoms with Crippen LogP contribution in [0, 0.1) is 6.92 Å². The highest BCUT2D eigenvalue weighted by molar-refractivity contribution is 5.72. The Morgan fingerprint density at radius 1 is 1.15 bits per heavy atom. The molecule has 0 spiro atoms. The second-order valence-electron chi connectivity index (χ2n) is 8.19. The lowest BCUT2D eigenvalue weighted by Gasteiger charge is -2.28. The minimum Gasteiger partial charge on any atom is -0.396 e. The fraction of sp³-hybridized carbons (Fsp3) is 0.308. The zero-order chi connectivity index (χ0) is 24.0. The van der Waals surface area contributed by atoms with Crippen molar-refractivity contribution in [3.05, 3.63) is 78.4 Å². The van der Waals surface area contributed by atoms with Gasteiger partial charge in [0.15, 0.2) is 5.82 Å². The van der Waals surface area contributed by atoms with Crippen LogP contribution in [-0.2, 0) is 5.92 Å². The van der Waals surface area contributed by atoms with Crippen molar-refractivity contribution < 1.29 is 8.78 Å². The van der Waals surface area contributed by atoms with Gasteiger partial charge in [-0.1, -0.05) is 44.5 Å². The van der Waals surface area contributed by atoms with E-state index in [0.29, 0.717) is 35.1 Å². The Morgan fingerprint density at radius 3 is 2.64 bits per heavy atom. The Labute approximate surface area is 194 Å². The van der Waals surface area contributed by atoms with Gasteiger partial charge < -0.3 is 16.0 Å². The standard InChI is InChI=1S/C26H31F2N5/c1-5-6-7-15-33(19(3)31-22-13-14-30-18(2)16-22)25-23(29)11-12-24(32-25)20-9-8-10-21(17-20)26(4,27)28/h8-14,16-17H,3,5-7,15,29H2,1-2,4H3,(H,30,31). The van der Waals surface area contributed by atoms with Crippen LogP contribution in [0.1, 0.15) is 44.4 Å². The largest absolute Gasteiger partial charge is 0.396 e. The SMILES string of the molecule is C=C(Nc1ccnc(C)c1)N(CCCCC)c1nc(-c2cccc(C(C)(F)F)c2)ccc1N. The molecule has 0 atom stereocenters. The van der Waals surface area contributed by atoms with Crippen LogP contribution in [0.3, 0.4) is 0 Å². The van der Waals surface area contributed by atoms with E-state index in [1.165, 1.54) is 12.1 Å². The first-order valence-electron chi connectivity index (χ1n) is 11.1. The maximum atomic E-state index is 13.9. The first-order chi connectivity index (χ1) is 15.7. The van der Waals surface area contributed by atoms with Crippen LogP contribution in [0.25, 0.3) is 11.3 Å². The molecule has 2 heterocycles. The first-order valence-corrected chi connectivity index (χ1v) is 11.1. The number of pyridine rings is 2. The fourth-order valence-electron chi connectivity index (χ4n) is 3.53. The molecule has 33 heavy (non-hydrogen) atoms. The molecule has 0 unspecified atom stereocenters. The van der Waals surface area contributed by atoms with Gasteiger partial charge in [0.25, 0.3) is 5.92 Å². The molecule has 0 amide bonds. The summed E-state index contributed by atoms with van der Waals surface area (Å²) < 4.78 is 27.7. The third kappa shape index (κ3) is 6.28. The molecule has 2 aromatic heterocycles. The van der Waals surface area contributed by atoms with Gasteiger partial charge in [0.1, 0.15) is 5.82 Å². The van der Waals surface area contributed by atoms with E-state index in [1.54, 1.807) is 30.5 Å². The highest BCUT2D eigenvalue weighted by Crippen LogP contribution is 2.32. The molecule has 0 aliphatic rings. The lowest BCUT2D eigenvalue weighted by atomic mass is 10.0. The van der Waals surface area contributed by atoms with Gasteiger partial charge in [-0.25, -0.2) is 13.8 Å². The predicted molar refractivity (Wildman–Crippen MR) is 132 cm³/mol. The van der Waals surface area contributed by atoms with Crippen molar-refractivity contribution in [2.24, 2.45) is 0 Å². The number of unbranched alkanes of at least 4 members (excludes halogenated alkanes) is 2. The maximum Gasteiger partial charge on any atom is 0.270 e. The Hall–Kier alpha value is -3.48. The third-order valence-corrected chi connectivity index (χ3v) is 5.32. The van der Waals surface area contributed by atoms with E-state index in [1.807, 2.05) is 24.0 Å². The summed E-state index contributed by atoms with van der Waals surface area (Å²) in [5.41, 5.74) is 9.67. The van der Waals surface area contributed by atoms with Gasteiger partial charge >= 0.3 is 0 Å². The van der Waals surface area contributed by atoms with Gasteiger partial charge in [0.2, 0.25) is 0 Å². The van der Waals surface area contributed by atoms with Crippen LogP contribution in [0.5, 0.6) is 0 Å². The topological polar surface area (TPSA) is 67.1 Å². The summed E-state index contributed by atoms with van der Waals surface area (Å²) in [6.07, 6.45) is 4.77. The highest BCUT2D eigenvalue weighted by Gasteiger charge is 2.24. The number of anilines is 3. The number of nitrogen functional groups attached to an aromatic ring is 1. The number of nitrogens with two attached hydrogens (primary N) is 1. The molecule has 3 aromatic rings. The van der Waals surface area contributed by atoms with E-state index in [-0.39, 0.29) is 5.56 Å². The van der Waals surface area contributed by atoms with Crippen molar-refractivity contribution in [1.29, 1.82) is 0 Å². The van der Waals surface area contributed by atoms with Crippen LogP contribution < -0.4 is 16.0 Å². The quantitative estimate of drug-likeness (QED) is 0.335. The van der Waals surface area contributed by atoms with E-state index in [0.717, 1.165) is 37.6 Å². The summed E-state index contributed by atoms with van der Waals surface area (Å²) in [5, 5.41) is 3.32. The van der Waals surface area contributed by atoms with Crippen molar-refractivity contribution >= 4 is 17.2 Å². The average molecular weight is 452 g/mol. The fourth-order valence-corrected chi connectivity index (χ4v) is 3.53. The minimum atomic E-state index is -2.93. The van der Waals surface area contributed by atoms with Crippen LogP contribution in [0.2, 0.25) is 0 Å². The number of alkyl halides is 2. The molecule has 1 aromatic carbocycles. The second kappa shape index (κ2) is 10.4. The molecular formula is C26H31F2N5. The maximum absolute atomic E-state index is 13.9. The molecule has 0 saturated carbocycles. The van der Waals surface area contributed by atoms with E-state index < -0.39 is 5.92 Å². The van der Waals surface area contributed by atoms with Gasteiger partial charge in [-0.3, -0.25) is 4.98 Å². The normalized spacial score (nSPS) is 11.3. The number of nitrogens with one attached hydrogen (secondary N) is 1. The van der Waals surface area contributed by atoms with Gasteiger partial charge in [-0.05, 0) is 43.7 Å². The molecule has 3 rings (SSSR count). The first kappa shape index (κ1) is 24.2. The lowest BCUT2D eigenvalue weighted by Crippen LogP contribution is -2.29. The number of benzene rings is 1. The zero-order valence-electron chi connectivity index (χ0n) is 19.4. The molecule has 0 saturated heterocycles. The Kier molecular flexibility index (Phi) is 7.63. The molecule has 0 aliphatic heterocycles. The third-order valence-electron chi connectivity index (χ3n) is 5.32. The van der Waals surface area contributed by atoms with Crippen molar-refractivity contribution in [2.45, 2.75) is 46.0 Å². The van der Waals surface area contributed by atoms with Crippen molar-refractivity contribution in [3.8, 4) is 11.3 Å². The molecule has 0 fully saturated rings. The zero-order valence-corrected chi connectivity index (χ0v) is 19.4. The van der Waals surface area contributed by atoms with Crippen LogP contribution in [-0.4, -0.2) is 16.5 Å². The lowest BCUT2D eigenvalue weighted by molar-refractivity contribution is 0.0175. The number of halogens is 2. The Balaban J connectivity index is 1.97. The summed E-state index contributed by atoms with van der Waals surface area (Å²) in [7, 11) is 0. The molecule has 174 valence electrons. The van der Waals surface area contributed by atoms with Gasteiger partial charge in [0, 0.05) is 42.2 Å². The Bertz CT molecular complexity index is 1110. The van der Waals surface area contributed by atoms with E-state index in [4.69, 9.17) is 10.7 Å². The smallest absolute Gasteiger partial charge is 0.270 e. The summed E-state index contributed by atoms with van der Waals surface area (Å²) in [4.78, 5) is 10.9. The molecule has 0 bridgehead atoms. The van der Waals surface area contributed by atoms with Crippen LogP contribution in [0.15, 0.2) is 67.1 Å². The van der Waals surface area contributed by atoms with Crippen LogP contribution >= 0.6 is 0 Å².